The van der Waals surface area contributed by atoms with Gasteiger partial charge in [-0.05, 0) is 82.8 Å². The maximum Gasteiger partial charge on any atom is 0.407 e. The fourth-order valence-corrected chi connectivity index (χ4v) is 7.93. The molecule has 0 saturated heterocycles. The number of sulfonamides is 1. The van der Waals surface area contributed by atoms with E-state index < -0.39 is 27.6 Å². The molecular weight excluding hydrogens is 640 g/mol. The van der Waals surface area contributed by atoms with Crippen LogP contribution in [0, 0.1) is 0 Å². The number of alkyl halides is 1. The summed E-state index contributed by atoms with van der Waals surface area (Å²) in [6, 6.07) is 13.5. The molecule has 1 atom stereocenters. The highest BCUT2D eigenvalue weighted by molar-refractivity contribution is 7.90. The van der Waals surface area contributed by atoms with E-state index in [4.69, 9.17) is 21.1 Å². The van der Waals surface area contributed by atoms with Crippen LogP contribution in [0.25, 0.3) is 22.2 Å². The fraction of sp³-hybridized carbons (Fsp3) is 0.543. The molecule has 10 nitrogen and oxygen atoms in total. The van der Waals surface area contributed by atoms with Gasteiger partial charge in [-0.1, -0.05) is 37.5 Å². The highest BCUT2D eigenvalue weighted by atomic mass is 35.5. The van der Waals surface area contributed by atoms with E-state index in [1.165, 1.54) is 12.0 Å². The van der Waals surface area contributed by atoms with Gasteiger partial charge in [0.2, 0.25) is 10.0 Å². The maximum atomic E-state index is 13.3. The van der Waals surface area contributed by atoms with Gasteiger partial charge in [0.25, 0.3) is 5.91 Å². The van der Waals surface area contributed by atoms with E-state index in [1.807, 2.05) is 58.2 Å². The number of aromatic nitrogens is 1. The summed E-state index contributed by atoms with van der Waals surface area (Å²) in [7, 11) is -1.83. The SMILES string of the molecule is CN(CCOC(=O)NC(C)(C)C)[C@H]1COc2ccccc2-c2c(C3CCCCC3)c3ccc(C(=O)NS(=O)(=O)CCCCl)cc3n2C1. The van der Waals surface area contributed by atoms with E-state index in [2.05, 4.69) is 25.6 Å². The number of hydrogen-bond donors (Lipinski definition) is 2. The molecule has 256 valence electrons. The largest absolute Gasteiger partial charge is 0.491 e. The molecule has 0 spiro atoms. The monoisotopic (exact) mass is 686 g/mol. The van der Waals surface area contributed by atoms with Gasteiger partial charge in [0.1, 0.15) is 19.0 Å². The van der Waals surface area contributed by atoms with Crippen molar-refractivity contribution in [2.24, 2.45) is 0 Å². The summed E-state index contributed by atoms with van der Waals surface area (Å²) in [6.45, 7) is 7.36. The summed E-state index contributed by atoms with van der Waals surface area (Å²) < 4.78 is 41.6. The zero-order chi connectivity index (χ0) is 33.8. The lowest BCUT2D eigenvalue weighted by Crippen LogP contribution is -2.44. The minimum absolute atomic E-state index is 0.0976. The molecule has 2 N–H and O–H groups in total. The first kappa shape index (κ1) is 35.0. The smallest absolute Gasteiger partial charge is 0.407 e. The second-order valence-electron chi connectivity index (χ2n) is 13.7. The Morgan fingerprint density at radius 1 is 1.11 bits per heavy atom. The number of fused-ring (bicyclic) bond motifs is 5. The molecule has 1 saturated carbocycles. The van der Waals surface area contributed by atoms with E-state index in [0.29, 0.717) is 25.6 Å². The molecule has 0 unspecified atom stereocenters. The molecule has 1 aromatic heterocycles. The molecular formula is C35H47ClN4O6S. The Hall–Kier alpha value is -3.28. The minimum Gasteiger partial charge on any atom is -0.491 e. The lowest BCUT2D eigenvalue weighted by atomic mass is 9.81. The van der Waals surface area contributed by atoms with E-state index in [9.17, 15) is 18.0 Å². The first-order valence-electron chi connectivity index (χ1n) is 16.5. The van der Waals surface area contributed by atoms with Gasteiger partial charge >= 0.3 is 6.09 Å². The zero-order valence-corrected chi connectivity index (χ0v) is 29.4. The van der Waals surface area contributed by atoms with Gasteiger partial charge in [0, 0.05) is 46.5 Å². The van der Waals surface area contributed by atoms with Crippen molar-refractivity contribution < 1.29 is 27.5 Å². The Kier molecular flexibility index (Phi) is 11.1. The molecule has 47 heavy (non-hydrogen) atoms. The summed E-state index contributed by atoms with van der Waals surface area (Å²) in [4.78, 5) is 27.7. The lowest BCUT2D eigenvalue weighted by Gasteiger charge is -2.32. The Morgan fingerprint density at radius 3 is 2.57 bits per heavy atom. The van der Waals surface area contributed by atoms with Gasteiger partial charge in [-0.2, -0.15) is 0 Å². The third-order valence-corrected chi connectivity index (χ3v) is 10.5. The molecule has 2 amide bonds. The van der Waals surface area contributed by atoms with E-state index in [-0.39, 0.29) is 36.3 Å². The van der Waals surface area contributed by atoms with Crippen LogP contribution in [0.2, 0.25) is 0 Å². The third kappa shape index (κ3) is 8.61. The molecule has 1 fully saturated rings. The maximum absolute atomic E-state index is 13.3. The number of benzene rings is 2. The van der Waals surface area contributed by atoms with Crippen molar-refractivity contribution in [3.63, 3.8) is 0 Å². The highest BCUT2D eigenvalue weighted by Gasteiger charge is 2.32. The highest BCUT2D eigenvalue weighted by Crippen LogP contribution is 2.47. The number of likely N-dealkylation sites (N-methyl/N-ethyl adjacent to an activating group) is 1. The third-order valence-electron chi connectivity index (χ3n) is 8.92. The van der Waals surface area contributed by atoms with Crippen molar-refractivity contribution >= 4 is 44.5 Å². The van der Waals surface area contributed by atoms with E-state index >= 15 is 0 Å². The van der Waals surface area contributed by atoms with Crippen LogP contribution in [0.3, 0.4) is 0 Å². The number of ether oxygens (including phenoxy) is 2. The number of amides is 2. The van der Waals surface area contributed by atoms with Crippen LogP contribution >= 0.6 is 11.6 Å². The summed E-state index contributed by atoms with van der Waals surface area (Å²) in [5, 5.41) is 3.89. The summed E-state index contributed by atoms with van der Waals surface area (Å²) in [5.41, 5.74) is 4.09. The second kappa shape index (κ2) is 14.9. The van der Waals surface area contributed by atoms with Crippen LogP contribution < -0.4 is 14.8 Å². The Labute approximate surface area is 283 Å². The molecule has 1 aliphatic heterocycles. The van der Waals surface area contributed by atoms with Gasteiger partial charge in [-0.3, -0.25) is 9.69 Å². The van der Waals surface area contributed by atoms with Crippen LogP contribution in [0.1, 0.15) is 81.1 Å². The average molecular weight is 687 g/mol. The Balaban J connectivity index is 1.55. The van der Waals surface area contributed by atoms with Gasteiger partial charge in [0.05, 0.1) is 17.5 Å². The number of alkyl carbamates (subject to hydrolysis) is 1. The molecule has 12 heteroatoms. The quantitative estimate of drug-likeness (QED) is 0.242. The van der Waals surface area contributed by atoms with E-state index in [1.54, 1.807) is 6.07 Å². The van der Waals surface area contributed by atoms with Crippen LogP contribution in [0.15, 0.2) is 42.5 Å². The Morgan fingerprint density at radius 2 is 1.85 bits per heavy atom. The van der Waals surface area contributed by atoms with Crippen LogP contribution in [-0.4, -0.2) is 79.9 Å². The van der Waals surface area contributed by atoms with Crippen molar-refractivity contribution in [2.75, 3.05) is 38.4 Å². The summed E-state index contributed by atoms with van der Waals surface area (Å²) in [5.74, 6) is 0.444. The fourth-order valence-electron chi connectivity index (χ4n) is 6.61. The van der Waals surface area contributed by atoms with Crippen LogP contribution in [0.5, 0.6) is 5.75 Å². The van der Waals surface area contributed by atoms with Crippen LogP contribution in [0.4, 0.5) is 4.79 Å². The van der Waals surface area contributed by atoms with Gasteiger partial charge in [-0.15, -0.1) is 11.6 Å². The standard InChI is InChI=1S/C35H47ClN4O6S/c1-35(2,3)37-34(42)45-19-18-39(4)26-22-40-29-21-25(33(41)38-47(43,44)20-10-17-36)15-16-27(29)31(24-11-6-5-7-12-24)32(40)28-13-8-9-14-30(28)46-23-26/h8-9,13-16,21,24,26H,5-7,10-12,17-20,22-23H2,1-4H3,(H,37,42)(H,38,41)/t26-/m1/s1. The number of rotatable bonds is 10. The van der Waals surface area contributed by atoms with Crippen molar-refractivity contribution in [3.05, 3.63) is 53.6 Å². The Bertz CT molecular complexity index is 1690. The normalized spacial score (nSPS) is 17.3. The van der Waals surface area contributed by atoms with Crippen molar-refractivity contribution in [1.29, 1.82) is 0 Å². The predicted octanol–water partition coefficient (Wildman–Crippen LogP) is 6.26. The number of halogens is 1. The van der Waals surface area contributed by atoms with E-state index in [0.717, 1.165) is 53.6 Å². The first-order chi connectivity index (χ1) is 22.4. The molecule has 1 aliphatic carbocycles. The molecule has 2 aromatic carbocycles. The molecule has 5 rings (SSSR count). The van der Waals surface area contributed by atoms with Crippen LogP contribution in [-0.2, 0) is 21.3 Å². The molecule has 0 bridgehead atoms. The predicted molar refractivity (Wildman–Crippen MR) is 186 cm³/mol. The number of hydrogen-bond acceptors (Lipinski definition) is 7. The molecule has 3 aromatic rings. The molecule has 2 aliphatic rings. The minimum atomic E-state index is -3.82. The summed E-state index contributed by atoms with van der Waals surface area (Å²) >= 11 is 5.70. The van der Waals surface area contributed by atoms with Crippen molar-refractivity contribution in [2.45, 2.75) is 83.3 Å². The molecule has 2 heterocycles. The van der Waals surface area contributed by atoms with Gasteiger partial charge in [-0.25, -0.2) is 17.9 Å². The molecule has 0 radical (unpaired) electrons. The first-order valence-corrected chi connectivity index (χ1v) is 18.7. The number of nitrogens with zero attached hydrogens (tertiary/aromatic N) is 2. The lowest BCUT2D eigenvalue weighted by molar-refractivity contribution is 0.0968. The number of nitrogens with one attached hydrogen (secondary N) is 2. The topological polar surface area (TPSA) is 119 Å². The number of para-hydroxylation sites is 1. The number of carbonyl (C=O) groups is 2. The van der Waals surface area contributed by atoms with Gasteiger partial charge in [0.15, 0.2) is 0 Å². The number of carbonyl (C=O) groups excluding carboxylic acids is 2. The summed E-state index contributed by atoms with van der Waals surface area (Å²) in [6.07, 6.45) is 5.48. The average Bonchev–Trinajstić information content (AvgIpc) is 3.32. The van der Waals surface area contributed by atoms with Crippen molar-refractivity contribution in [1.82, 2.24) is 19.5 Å². The second-order valence-corrected chi connectivity index (χ2v) is 15.9. The van der Waals surface area contributed by atoms with Gasteiger partial charge < -0.3 is 19.4 Å². The zero-order valence-electron chi connectivity index (χ0n) is 27.8. The van der Waals surface area contributed by atoms with Crippen molar-refractivity contribution in [3.8, 4) is 17.0 Å².